The molecule has 0 aliphatic heterocycles. The molecule has 0 heterocycles. The highest BCUT2D eigenvalue weighted by atomic mass is 32.2. The van der Waals surface area contributed by atoms with E-state index in [0.29, 0.717) is 0 Å². The van der Waals surface area contributed by atoms with Crippen LogP contribution in [-0.2, 0) is 14.8 Å². The topological polar surface area (TPSA) is 63.2 Å². The number of hydrogen-bond acceptors (Lipinski definition) is 3. The molecular formula is C26H25NO3S. The van der Waals surface area contributed by atoms with Crippen molar-refractivity contribution in [1.29, 1.82) is 0 Å². The predicted molar refractivity (Wildman–Crippen MR) is 128 cm³/mol. The van der Waals surface area contributed by atoms with Gasteiger partial charge in [-0.25, -0.2) is 13.1 Å². The molecule has 3 aromatic carbocycles. The third kappa shape index (κ3) is 6.27. The fourth-order valence-corrected chi connectivity index (χ4v) is 3.87. The van der Waals surface area contributed by atoms with Crippen LogP contribution in [0, 0.1) is 0 Å². The second-order valence-corrected chi connectivity index (χ2v) is 8.88. The van der Waals surface area contributed by atoms with Gasteiger partial charge in [-0.3, -0.25) is 4.79 Å². The van der Waals surface area contributed by atoms with Crippen LogP contribution in [0.25, 0.3) is 17.2 Å². The Labute approximate surface area is 184 Å². The molecule has 0 unspecified atom stereocenters. The minimum Gasteiger partial charge on any atom is -0.269 e. The molecule has 158 valence electrons. The standard InChI is InChI=1S/C26H25NO3S/c1-3-24(21-10-6-4-7-11-21)26(22-12-8-5-9-13-22)23-17-14-20(15-18-23)16-19-25(28)27-31(2,29)30/h4-19H,3H2,1-2H3,(H,27,28). The van der Waals surface area contributed by atoms with Crippen LogP contribution in [0.2, 0.25) is 0 Å². The fraction of sp³-hybridized carbons (Fsp3) is 0.115. The first-order valence-corrected chi connectivity index (χ1v) is 11.9. The van der Waals surface area contributed by atoms with Gasteiger partial charge in [0.1, 0.15) is 0 Å². The summed E-state index contributed by atoms with van der Waals surface area (Å²) < 4.78 is 24.2. The number of allylic oxidation sites excluding steroid dienone is 1. The summed E-state index contributed by atoms with van der Waals surface area (Å²) in [5, 5.41) is 0. The molecule has 0 aromatic heterocycles. The van der Waals surface area contributed by atoms with E-state index in [4.69, 9.17) is 0 Å². The maximum Gasteiger partial charge on any atom is 0.257 e. The summed E-state index contributed by atoms with van der Waals surface area (Å²) in [7, 11) is -3.57. The SMILES string of the molecule is CCC(=C(c1ccccc1)c1ccc(C=CC(=O)NS(C)(=O)=O)cc1)c1ccccc1. The zero-order valence-corrected chi connectivity index (χ0v) is 18.4. The summed E-state index contributed by atoms with van der Waals surface area (Å²) in [5.74, 6) is -0.672. The molecular weight excluding hydrogens is 406 g/mol. The van der Waals surface area contributed by atoms with Crippen molar-refractivity contribution in [3.8, 4) is 0 Å². The Bertz CT molecular complexity index is 1190. The van der Waals surface area contributed by atoms with E-state index in [1.807, 2.05) is 65.4 Å². The van der Waals surface area contributed by atoms with Crippen LogP contribution in [0.4, 0.5) is 0 Å². The quantitative estimate of drug-likeness (QED) is 0.416. The lowest BCUT2D eigenvalue weighted by Gasteiger charge is -2.16. The van der Waals surface area contributed by atoms with Crippen LogP contribution in [-0.4, -0.2) is 20.6 Å². The first-order chi connectivity index (χ1) is 14.9. The van der Waals surface area contributed by atoms with Gasteiger partial charge >= 0.3 is 0 Å². The summed E-state index contributed by atoms with van der Waals surface area (Å²) >= 11 is 0. The van der Waals surface area contributed by atoms with E-state index in [1.165, 1.54) is 22.8 Å². The van der Waals surface area contributed by atoms with E-state index in [1.54, 1.807) is 6.08 Å². The maximum absolute atomic E-state index is 11.7. The molecule has 5 heteroatoms. The van der Waals surface area contributed by atoms with Gasteiger partial charge in [-0.15, -0.1) is 0 Å². The van der Waals surface area contributed by atoms with Crippen molar-refractivity contribution >= 4 is 33.2 Å². The highest BCUT2D eigenvalue weighted by Crippen LogP contribution is 2.34. The van der Waals surface area contributed by atoms with Crippen LogP contribution in [0.3, 0.4) is 0 Å². The highest BCUT2D eigenvalue weighted by Gasteiger charge is 2.12. The van der Waals surface area contributed by atoms with Crippen LogP contribution < -0.4 is 4.72 Å². The maximum atomic E-state index is 11.7. The molecule has 1 amide bonds. The molecule has 0 fully saturated rings. The minimum absolute atomic E-state index is 0.672. The predicted octanol–water partition coefficient (Wildman–Crippen LogP) is 5.14. The van der Waals surface area contributed by atoms with Crippen molar-refractivity contribution in [3.05, 3.63) is 113 Å². The summed E-state index contributed by atoms with van der Waals surface area (Å²) in [6.45, 7) is 2.16. The van der Waals surface area contributed by atoms with Gasteiger partial charge in [-0.2, -0.15) is 0 Å². The van der Waals surface area contributed by atoms with Gasteiger partial charge in [0.05, 0.1) is 6.26 Å². The van der Waals surface area contributed by atoms with Gasteiger partial charge in [0.15, 0.2) is 0 Å². The van der Waals surface area contributed by atoms with E-state index in [-0.39, 0.29) is 0 Å². The summed E-state index contributed by atoms with van der Waals surface area (Å²) in [4.78, 5) is 11.7. The Morgan fingerprint density at radius 1 is 0.806 bits per heavy atom. The van der Waals surface area contributed by atoms with Crippen LogP contribution in [0.1, 0.15) is 35.6 Å². The molecule has 1 N–H and O–H groups in total. The van der Waals surface area contributed by atoms with E-state index in [9.17, 15) is 13.2 Å². The Kier molecular flexibility index (Phi) is 7.21. The summed E-state index contributed by atoms with van der Waals surface area (Å²) in [6.07, 6.45) is 4.63. The second-order valence-electron chi connectivity index (χ2n) is 7.13. The normalized spacial score (nSPS) is 12.5. The minimum atomic E-state index is -3.57. The van der Waals surface area contributed by atoms with Gasteiger partial charge < -0.3 is 0 Å². The molecule has 0 bridgehead atoms. The van der Waals surface area contributed by atoms with Crippen molar-refractivity contribution in [3.63, 3.8) is 0 Å². The van der Waals surface area contributed by atoms with Crippen molar-refractivity contribution in [2.24, 2.45) is 0 Å². The third-order valence-corrected chi connectivity index (χ3v) is 5.32. The number of nitrogens with one attached hydrogen (secondary N) is 1. The lowest BCUT2D eigenvalue weighted by atomic mass is 9.88. The van der Waals surface area contributed by atoms with Crippen molar-refractivity contribution in [2.45, 2.75) is 13.3 Å². The summed E-state index contributed by atoms with van der Waals surface area (Å²) in [6, 6.07) is 28.5. The first-order valence-electron chi connectivity index (χ1n) is 10.0. The fourth-order valence-electron chi connectivity index (χ4n) is 3.43. The van der Waals surface area contributed by atoms with Gasteiger partial charge in [0, 0.05) is 6.08 Å². The van der Waals surface area contributed by atoms with Crippen molar-refractivity contribution < 1.29 is 13.2 Å². The summed E-state index contributed by atoms with van der Waals surface area (Å²) in [5.41, 5.74) is 6.62. The molecule has 0 saturated carbocycles. The molecule has 0 aliphatic rings. The average Bonchev–Trinajstić information content (AvgIpc) is 2.76. The Morgan fingerprint density at radius 3 is 1.84 bits per heavy atom. The Morgan fingerprint density at radius 2 is 1.32 bits per heavy atom. The van der Waals surface area contributed by atoms with E-state index in [0.717, 1.165) is 29.4 Å². The molecule has 3 rings (SSSR count). The molecule has 31 heavy (non-hydrogen) atoms. The van der Waals surface area contributed by atoms with Crippen molar-refractivity contribution in [2.75, 3.05) is 6.26 Å². The number of rotatable bonds is 7. The third-order valence-electron chi connectivity index (χ3n) is 4.75. The number of sulfonamides is 1. The number of hydrogen-bond donors (Lipinski definition) is 1. The molecule has 3 aromatic rings. The Hall–Kier alpha value is -3.44. The first kappa shape index (κ1) is 22.2. The molecule has 0 aliphatic carbocycles. The van der Waals surface area contributed by atoms with E-state index >= 15 is 0 Å². The number of carbonyl (C=O) groups excluding carboxylic acids is 1. The lowest BCUT2D eigenvalue weighted by Crippen LogP contribution is -2.27. The van der Waals surface area contributed by atoms with Gasteiger partial charge in [-0.05, 0) is 45.9 Å². The van der Waals surface area contributed by atoms with Crippen LogP contribution >= 0.6 is 0 Å². The van der Waals surface area contributed by atoms with E-state index in [2.05, 4.69) is 31.2 Å². The second kappa shape index (κ2) is 10.0. The van der Waals surface area contributed by atoms with Crippen LogP contribution in [0.5, 0.6) is 0 Å². The molecule has 0 spiro atoms. The molecule has 0 atom stereocenters. The average molecular weight is 432 g/mol. The Balaban J connectivity index is 2.00. The number of benzene rings is 3. The van der Waals surface area contributed by atoms with Gasteiger partial charge in [0.2, 0.25) is 10.0 Å². The largest absolute Gasteiger partial charge is 0.269 e. The molecule has 0 radical (unpaired) electrons. The smallest absolute Gasteiger partial charge is 0.257 e. The number of carbonyl (C=O) groups is 1. The molecule has 0 saturated heterocycles. The highest BCUT2D eigenvalue weighted by molar-refractivity contribution is 7.89. The zero-order valence-electron chi connectivity index (χ0n) is 17.6. The van der Waals surface area contributed by atoms with Crippen LogP contribution in [0.15, 0.2) is 91.0 Å². The monoisotopic (exact) mass is 431 g/mol. The zero-order chi connectivity index (χ0) is 22.3. The van der Waals surface area contributed by atoms with Gasteiger partial charge in [0.25, 0.3) is 5.91 Å². The van der Waals surface area contributed by atoms with E-state index < -0.39 is 15.9 Å². The molecule has 4 nitrogen and oxygen atoms in total. The lowest BCUT2D eigenvalue weighted by molar-refractivity contribution is -0.114. The van der Waals surface area contributed by atoms with Gasteiger partial charge in [-0.1, -0.05) is 91.9 Å². The van der Waals surface area contributed by atoms with Crippen molar-refractivity contribution in [1.82, 2.24) is 4.72 Å². The number of amides is 1.